The highest BCUT2D eigenvalue weighted by atomic mass is 32.1. The molecule has 1 aromatic rings. The first-order valence-electron chi connectivity index (χ1n) is 6.65. The van der Waals surface area contributed by atoms with Crippen LogP contribution in [0.15, 0.2) is 6.20 Å². The van der Waals surface area contributed by atoms with Gasteiger partial charge in [-0.05, 0) is 37.0 Å². The Morgan fingerprint density at radius 2 is 2.06 bits per heavy atom. The van der Waals surface area contributed by atoms with Gasteiger partial charge in [0.25, 0.3) is 0 Å². The molecule has 96 valence electrons. The summed E-state index contributed by atoms with van der Waals surface area (Å²) < 4.78 is 3.88. The van der Waals surface area contributed by atoms with E-state index in [4.69, 9.17) is 0 Å². The molecule has 0 spiro atoms. The molecule has 17 heavy (non-hydrogen) atoms. The molecule has 0 bridgehead atoms. The Morgan fingerprint density at radius 1 is 1.35 bits per heavy atom. The molecule has 1 heterocycles. The van der Waals surface area contributed by atoms with Crippen molar-refractivity contribution >= 4 is 16.5 Å². The van der Waals surface area contributed by atoms with Crippen molar-refractivity contribution in [3.8, 4) is 0 Å². The Bertz CT molecular complexity index is 326. The fourth-order valence-electron chi connectivity index (χ4n) is 2.74. The Hall–Kier alpha value is -0.640. The molecule has 0 atom stereocenters. The minimum Gasteiger partial charge on any atom is -0.372 e. The van der Waals surface area contributed by atoms with Gasteiger partial charge in [-0.15, -0.1) is 5.10 Å². The van der Waals surface area contributed by atoms with E-state index in [0.29, 0.717) is 11.5 Å². The van der Waals surface area contributed by atoms with Gasteiger partial charge in [-0.1, -0.05) is 31.7 Å². The zero-order chi connectivity index (χ0) is 12.3. The van der Waals surface area contributed by atoms with Crippen LogP contribution in [-0.4, -0.2) is 15.6 Å². The number of hydrogen-bond acceptors (Lipinski definition) is 4. The van der Waals surface area contributed by atoms with E-state index in [1.165, 1.54) is 43.6 Å². The Labute approximate surface area is 108 Å². The summed E-state index contributed by atoms with van der Waals surface area (Å²) >= 11 is 1.46. The molecule has 0 aromatic carbocycles. The quantitative estimate of drug-likeness (QED) is 0.883. The second-order valence-corrected chi connectivity index (χ2v) is 6.60. The van der Waals surface area contributed by atoms with E-state index in [2.05, 4.69) is 35.7 Å². The van der Waals surface area contributed by atoms with Gasteiger partial charge < -0.3 is 5.32 Å². The van der Waals surface area contributed by atoms with Crippen molar-refractivity contribution in [1.29, 1.82) is 0 Å². The predicted octanol–water partition coefficient (Wildman–Crippen LogP) is 3.95. The van der Waals surface area contributed by atoms with Crippen LogP contribution in [0, 0.1) is 11.3 Å². The molecule has 0 aliphatic heterocycles. The van der Waals surface area contributed by atoms with Gasteiger partial charge in [-0.3, -0.25) is 0 Å². The summed E-state index contributed by atoms with van der Waals surface area (Å²) in [6.07, 6.45) is 8.38. The molecule has 0 amide bonds. The summed E-state index contributed by atoms with van der Waals surface area (Å²) in [5.41, 5.74) is 0.511. The largest absolute Gasteiger partial charge is 0.372 e. The Kier molecular flexibility index (Phi) is 4.02. The van der Waals surface area contributed by atoms with E-state index in [-0.39, 0.29) is 0 Å². The number of rotatable bonds is 4. The van der Waals surface area contributed by atoms with E-state index < -0.39 is 0 Å². The van der Waals surface area contributed by atoms with Gasteiger partial charge in [0.2, 0.25) is 0 Å². The third-order valence-corrected chi connectivity index (χ3v) is 5.05. The topological polar surface area (TPSA) is 37.8 Å². The van der Waals surface area contributed by atoms with Crippen molar-refractivity contribution in [2.45, 2.75) is 58.9 Å². The second kappa shape index (κ2) is 5.34. The third kappa shape index (κ3) is 3.18. The fourth-order valence-corrected chi connectivity index (χ4v) is 3.24. The van der Waals surface area contributed by atoms with Gasteiger partial charge >= 0.3 is 0 Å². The Morgan fingerprint density at radius 3 is 2.59 bits per heavy atom. The highest BCUT2D eigenvalue weighted by Gasteiger charge is 2.31. The monoisotopic (exact) mass is 253 g/mol. The molecule has 1 saturated carbocycles. The molecule has 1 aromatic heterocycles. The number of nitrogens with zero attached hydrogens (tertiary/aromatic N) is 2. The van der Waals surface area contributed by atoms with E-state index in [0.717, 1.165) is 10.9 Å². The number of hydrogen-bond donors (Lipinski definition) is 1. The maximum atomic E-state index is 3.88. The average molecular weight is 253 g/mol. The lowest BCUT2D eigenvalue weighted by molar-refractivity contribution is 0.148. The summed E-state index contributed by atoms with van der Waals surface area (Å²) in [6.45, 7) is 7.14. The molecule has 1 fully saturated rings. The van der Waals surface area contributed by atoms with E-state index in [9.17, 15) is 0 Å². The molecule has 4 heteroatoms. The molecule has 1 aliphatic carbocycles. The van der Waals surface area contributed by atoms with Gasteiger partial charge in [0, 0.05) is 17.6 Å². The predicted molar refractivity (Wildman–Crippen MR) is 73.3 cm³/mol. The van der Waals surface area contributed by atoms with E-state index in [1.54, 1.807) is 0 Å². The summed E-state index contributed by atoms with van der Waals surface area (Å²) in [6, 6.07) is 0.626. The van der Waals surface area contributed by atoms with Crippen LogP contribution in [0.1, 0.15) is 52.9 Å². The number of aromatic nitrogens is 2. The van der Waals surface area contributed by atoms with Crippen molar-refractivity contribution in [2.24, 2.45) is 11.3 Å². The molecule has 1 N–H and O–H groups in total. The SMILES string of the molecule is CCC(C)(C)C1CCC(Nc2cnns2)CC1. The summed E-state index contributed by atoms with van der Waals surface area (Å²) in [5.74, 6) is 0.894. The zero-order valence-electron chi connectivity index (χ0n) is 11.1. The lowest BCUT2D eigenvalue weighted by atomic mass is 9.69. The van der Waals surface area contributed by atoms with Gasteiger partial charge in [-0.2, -0.15) is 0 Å². The Balaban J connectivity index is 1.82. The van der Waals surface area contributed by atoms with Gasteiger partial charge in [0.15, 0.2) is 0 Å². The van der Waals surface area contributed by atoms with Crippen LogP contribution in [0.2, 0.25) is 0 Å². The highest BCUT2D eigenvalue weighted by Crippen LogP contribution is 2.40. The lowest BCUT2D eigenvalue weighted by Gasteiger charge is -2.39. The molecule has 3 nitrogen and oxygen atoms in total. The minimum atomic E-state index is 0.511. The van der Waals surface area contributed by atoms with Crippen molar-refractivity contribution in [1.82, 2.24) is 9.59 Å². The summed E-state index contributed by atoms with van der Waals surface area (Å²) in [5, 5.41) is 8.52. The van der Waals surface area contributed by atoms with Crippen molar-refractivity contribution in [3.63, 3.8) is 0 Å². The molecule has 0 unspecified atom stereocenters. The molecule has 2 rings (SSSR count). The number of nitrogens with one attached hydrogen (secondary N) is 1. The number of anilines is 1. The minimum absolute atomic E-state index is 0.511. The van der Waals surface area contributed by atoms with E-state index in [1.807, 2.05) is 6.20 Å². The standard InChI is InChI=1S/C13H23N3S/c1-4-13(2,3)10-5-7-11(8-6-10)15-12-9-14-16-17-12/h9-11,15H,4-8H2,1-3H3. The van der Waals surface area contributed by atoms with Gasteiger partial charge in [0.05, 0.1) is 6.20 Å². The summed E-state index contributed by atoms with van der Waals surface area (Å²) in [7, 11) is 0. The highest BCUT2D eigenvalue weighted by molar-refractivity contribution is 7.09. The van der Waals surface area contributed by atoms with Crippen LogP contribution in [0.3, 0.4) is 0 Å². The molecular formula is C13H23N3S. The van der Waals surface area contributed by atoms with Crippen molar-refractivity contribution in [3.05, 3.63) is 6.20 Å². The van der Waals surface area contributed by atoms with Crippen molar-refractivity contribution < 1.29 is 0 Å². The first-order chi connectivity index (χ1) is 8.12. The lowest BCUT2D eigenvalue weighted by Crippen LogP contribution is -2.32. The van der Waals surface area contributed by atoms with E-state index >= 15 is 0 Å². The first kappa shape index (κ1) is 12.8. The molecular weight excluding hydrogens is 230 g/mol. The first-order valence-corrected chi connectivity index (χ1v) is 7.43. The maximum Gasteiger partial charge on any atom is 0.130 e. The van der Waals surface area contributed by atoms with Crippen LogP contribution >= 0.6 is 11.5 Å². The van der Waals surface area contributed by atoms with Crippen LogP contribution in [-0.2, 0) is 0 Å². The second-order valence-electron chi connectivity index (χ2n) is 5.82. The van der Waals surface area contributed by atoms with Crippen LogP contribution in [0.25, 0.3) is 0 Å². The van der Waals surface area contributed by atoms with Gasteiger partial charge in [-0.25, -0.2) is 0 Å². The van der Waals surface area contributed by atoms with Gasteiger partial charge in [0.1, 0.15) is 5.00 Å². The molecule has 1 aliphatic rings. The fraction of sp³-hybridized carbons (Fsp3) is 0.846. The summed E-state index contributed by atoms with van der Waals surface area (Å²) in [4.78, 5) is 0. The smallest absolute Gasteiger partial charge is 0.130 e. The average Bonchev–Trinajstić information content (AvgIpc) is 2.83. The molecule has 0 saturated heterocycles. The third-order valence-electron chi connectivity index (χ3n) is 4.45. The van der Waals surface area contributed by atoms with Crippen LogP contribution < -0.4 is 5.32 Å². The normalized spacial score (nSPS) is 25.8. The van der Waals surface area contributed by atoms with Crippen molar-refractivity contribution in [2.75, 3.05) is 5.32 Å². The van der Waals surface area contributed by atoms with Crippen LogP contribution in [0.5, 0.6) is 0 Å². The van der Waals surface area contributed by atoms with Crippen LogP contribution in [0.4, 0.5) is 5.00 Å². The maximum absolute atomic E-state index is 3.88. The molecule has 0 radical (unpaired) electrons. The zero-order valence-corrected chi connectivity index (χ0v) is 11.9.